The molecule has 0 spiro atoms. The number of carbonyl (C=O) groups excluding carboxylic acids is 1. The Balaban J connectivity index is 1.94. The van der Waals surface area contributed by atoms with E-state index in [4.69, 9.17) is 0 Å². The molecule has 3 aromatic rings. The van der Waals surface area contributed by atoms with E-state index in [-0.39, 0.29) is 33.8 Å². The summed E-state index contributed by atoms with van der Waals surface area (Å²) < 4.78 is 37.8. The predicted octanol–water partition coefficient (Wildman–Crippen LogP) is 5.92. The molecular formula is C19H15F3N2O2S2. The van der Waals surface area contributed by atoms with Crippen LogP contribution in [0.3, 0.4) is 0 Å². The van der Waals surface area contributed by atoms with Gasteiger partial charge in [0.25, 0.3) is 5.91 Å². The summed E-state index contributed by atoms with van der Waals surface area (Å²) in [5.74, 6) is -0.222. The molecule has 4 nitrogen and oxygen atoms in total. The second-order valence-electron chi connectivity index (χ2n) is 5.64. The van der Waals surface area contributed by atoms with Gasteiger partial charge in [-0.05, 0) is 47.8 Å². The minimum Gasteiger partial charge on any atom is -0.506 e. The van der Waals surface area contributed by atoms with Crippen molar-refractivity contribution in [3.05, 3.63) is 54.2 Å². The van der Waals surface area contributed by atoms with Crippen LogP contribution in [0.4, 0.5) is 18.9 Å². The van der Waals surface area contributed by atoms with E-state index in [9.17, 15) is 23.1 Å². The molecule has 0 aliphatic heterocycles. The van der Waals surface area contributed by atoms with Crippen molar-refractivity contribution in [3.63, 3.8) is 0 Å². The number of fused-ring (bicyclic) bond motifs is 1. The molecule has 146 valence electrons. The first-order chi connectivity index (χ1) is 13.3. The SMILES string of the molecule is CCSc1cc2ccccc2nc1C(=O)Nc1cc(SC(F)(F)F)ccc1O. The van der Waals surface area contributed by atoms with Gasteiger partial charge in [-0.15, -0.1) is 11.8 Å². The maximum Gasteiger partial charge on any atom is 0.446 e. The van der Waals surface area contributed by atoms with Crippen LogP contribution in [-0.2, 0) is 0 Å². The third-order valence-electron chi connectivity index (χ3n) is 3.65. The van der Waals surface area contributed by atoms with Gasteiger partial charge in [0.1, 0.15) is 11.4 Å². The normalized spacial score (nSPS) is 11.6. The van der Waals surface area contributed by atoms with Gasteiger partial charge in [0.15, 0.2) is 0 Å². The number of hydrogen-bond donors (Lipinski definition) is 2. The van der Waals surface area contributed by atoms with Gasteiger partial charge >= 0.3 is 5.51 Å². The summed E-state index contributed by atoms with van der Waals surface area (Å²) in [6.07, 6.45) is 0. The van der Waals surface area contributed by atoms with Crippen LogP contribution < -0.4 is 5.32 Å². The number of nitrogens with one attached hydrogen (secondary N) is 1. The highest BCUT2D eigenvalue weighted by atomic mass is 32.2. The lowest BCUT2D eigenvalue weighted by molar-refractivity contribution is -0.0328. The fourth-order valence-electron chi connectivity index (χ4n) is 2.52. The van der Waals surface area contributed by atoms with E-state index in [1.807, 2.05) is 25.1 Å². The number of anilines is 1. The summed E-state index contributed by atoms with van der Waals surface area (Å²) in [5.41, 5.74) is -3.80. The van der Waals surface area contributed by atoms with Crippen molar-refractivity contribution in [2.24, 2.45) is 0 Å². The van der Waals surface area contributed by atoms with Crippen LogP contribution in [0.2, 0.25) is 0 Å². The number of aromatic nitrogens is 1. The van der Waals surface area contributed by atoms with Gasteiger partial charge in [-0.25, -0.2) is 4.98 Å². The summed E-state index contributed by atoms with van der Waals surface area (Å²) in [6.45, 7) is 1.94. The van der Waals surface area contributed by atoms with E-state index in [1.165, 1.54) is 11.8 Å². The largest absolute Gasteiger partial charge is 0.506 e. The minimum atomic E-state index is -4.47. The molecule has 0 fully saturated rings. The molecule has 9 heteroatoms. The Morgan fingerprint density at radius 1 is 1.18 bits per heavy atom. The number of nitrogens with zero attached hydrogens (tertiary/aromatic N) is 1. The number of phenolic OH excluding ortho intramolecular Hbond substituents is 1. The van der Waals surface area contributed by atoms with Gasteiger partial charge in [-0.1, -0.05) is 25.1 Å². The summed E-state index contributed by atoms with van der Waals surface area (Å²) in [4.78, 5) is 17.7. The van der Waals surface area contributed by atoms with Gasteiger partial charge in [0.2, 0.25) is 0 Å². The zero-order valence-electron chi connectivity index (χ0n) is 14.6. The molecular weight excluding hydrogens is 409 g/mol. The number of amides is 1. The molecule has 2 aromatic carbocycles. The predicted molar refractivity (Wildman–Crippen MR) is 106 cm³/mol. The number of halogens is 3. The molecule has 0 radical (unpaired) electrons. The van der Waals surface area contributed by atoms with Crippen molar-refractivity contribution < 1.29 is 23.1 Å². The van der Waals surface area contributed by atoms with E-state index in [0.717, 1.165) is 23.6 Å². The Bertz CT molecular complexity index is 1030. The number of alkyl halides is 3. The number of thioether (sulfide) groups is 2. The van der Waals surface area contributed by atoms with Crippen molar-refractivity contribution in [1.29, 1.82) is 0 Å². The maximum absolute atomic E-state index is 12.8. The molecule has 0 aliphatic rings. The highest BCUT2D eigenvalue weighted by Crippen LogP contribution is 2.39. The van der Waals surface area contributed by atoms with Gasteiger partial charge in [0, 0.05) is 15.2 Å². The van der Waals surface area contributed by atoms with Crippen molar-refractivity contribution in [2.45, 2.75) is 22.2 Å². The average molecular weight is 424 g/mol. The second-order valence-corrected chi connectivity index (χ2v) is 8.09. The van der Waals surface area contributed by atoms with E-state index < -0.39 is 11.4 Å². The molecule has 2 N–H and O–H groups in total. The van der Waals surface area contributed by atoms with Gasteiger partial charge < -0.3 is 10.4 Å². The molecule has 0 aliphatic carbocycles. The molecule has 28 heavy (non-hydrogen) atoms. The zero-order chi connectivity index (χ0) is 20.3. The number of phenols is 1. The first-order valence-electron chi connectivity index (χ1n) is 8.19. The molecule has 1 amide bonds. The molecule has 0 bridgehead atoms. The summed E-state index contributed by atoms with van der Waals surface area (Å²) in [5, 5.41) is 13.3. The fraction of sp³-hybridized carbons (Fsp3) is 0.158. The van der Waals surface area contributed by atoms with Crippen molar-refractivity contribution in [3.8, 4) is 5.75 Å². The van der Waals surface area contributed by atoms with Crippen LogP contribution >= 0.6 is 23.5 Å². The van der Waals surface area contributed by atoms with E-state index >= 15 is 0 Å². The lowest BCUT2D eigenvalue weighted by Crippen LogP contribution is -2.15. The van der Waals surface area contributed by atoms with Crippen molar-refractivity contribution in [2.75, 3.05) is 11.1 Å². The van der Waals surface area contributed by atoms with Crippen LogP contribution in [0.25, 0.3) is 10.9 Å². The quantitative estimate of drug-likeness (QED) is 0.393. The second kappa shape index (κ2) is 8.32. The standard InChI is InChI=1S/C19H15F3N2O2S2/c1-2-27-16-9-11-5-3-4-6-13(11)23-17(16)18(26)24-14-10-12(7-8-15(14)25)28-19(20,21)22/h3-10,25H,2H2,1H3,(H,24,26). The monoisotopic (exact) mass is 424 g/mol. The first-order valence-corrected chi connectivity index (χ1v) is 9.99. The number of rotatable bonds is 5. The lowest BCUT2D eigenvalue weighted by atomic mass is 10.2. The topological polar surface area (TPSA) is 62.2 Å². The molecule has 0 saturated heterocycles. The third-order valence-corrected chi connectivity index (χ3v) is 5.29. The van der Waals surface area contributed by atoms with E-state index in [1.54, 1.807) is 12.1 Å². The molecule has 0 atom stereocenters. The third kappa shape index (κ3) is 4.90. The first kappa shape index (κ1) is 20.3. The average Bonchev–Trinajstić information content (AvgIpc) is 2.63. The molecule has 0 unspecified atom stereocenters. The van der Waals surface area contributed by atoms with E-state index in [0.29, 0.717) is 16.2 Å². The van der Waals surface area contributed by atoms with Crippen LogP contribution in [0.5, 0.6) is 5.75 Å². The summed E-state index contributed by atoms with van der Waals surface area (Å²) in [6, 6.07) is 12.5. The Hall–Kier alpha value is -2.39. The maximum atomic E-state index is 12.8. The number of para-hydroxylation sites is 1. The lowest BCUT2D eigenvalue weighted by Gasteiger charge is -2.12. The van der Waals surface area contributed by atoms with Gasteiger partial charge in [-0.3, -0.25) is 4.79 Å². The van der Waals surface area contributed by atoms with Gasteiger partial charge in [0.05, 0.1) is 11.2 Å². The van der Waals surface area contributed by atoms with Crippen LogP contribution in [0, 0.1) is 0 Å². The number of hydrogen-bond acceptors (Lipinski definition) is 5. The van der Waals surface area contributed by atoms with Crippen molar-refractivity contribution in [1.82, 2.24) is 4.98 Å². The Morgan fingerprint density at radius 3 is 2.64 bits per heavy atom. The highest BCUT2D eigenvalue weighted by molar-refractivity contribution is 8.00. The van der Waals surface area contributed by atoms with Crippen LogP contribution in [0.15, 0.2) is 58.3 Å². The highest BCUT2D eigenvalue weighted by Gasteiger charge is 2.29. The Labute approximate surface area is 167 Å². The molecule has 0 saturated carbocycles. The Kier molecular flexibility index (Phi) is 6.04. The summed E-state index contributed by atoms with van der Waals surface area (Å²) >= 11 is 1.11. The van der Waals surface area contributed by atoms with Crippen LogP contribution in [0.1, 0.15) is 17.4 Å². The molecule has 1 heterocycles. The number of benzene rings is 2. The molecule has 3 rings (SSSR count). The number of pyridine rings is 1. The Morgan fingerprint density at radius 2 is 1.93 bits per heavy atom. The smallest absolute Gasteiger partial charge is 0.446 e. The molecule has 1 aromatic heterocycles. The fourth-order valence-corrected chi connectivity index (χ4v) is 3.90. The number of aromatic hydroxyl groups is 1. The summed E-state index contributed by atoms with van der Waals surface area (Å²) in [7, 11) is 0. The van der Waals surface area contributed by atoms with Gasteiger partial charge in [-0.2, -0.15) is 13.2 Å². The van der Waals surface area contributed by atoms with E-state index in [2.05, 4.69) is 10.3 Å². The van der Waals surface area contributed by atoms with Crippen LogP contribution in [-0.4, -0.2) is 27.3 Å². The zero-order valence-corrected chi connectivity index (χ0v) is 16.2. The van der Waals surface area contributed by atoms with Crippen molar-refractivity contribution >= 4 is 46.0 Å². The number of carbonyl (C=O) groups is 1. The minimum absolute atomic E-state index is 0.110.